The number of rotatable bonds is 3. The van der Waals surface area contributed by atoms with Crippen LogP contribution in [0, 0.1) is 0 Å². The second-order valence-corrected chi connectivity index (χ2v) is 5.23. The van der Waals surface area contributed by atoms with E-state index < -0.39 is 0 Å². The summed E-state index contributed by atoms with van der Waals surface area (Å²) in [5.41, 5.74) is 13.9. The van der Waals surface area contributed by atoms with Crippen LogP contribution in [0.1, 0.15) is 17.7 Å². The standard InChI is InChI=1S/C15H19N5/c16-12-6-7-20(10-12)14-9-13(18-15(17)19-14)8-11-4-2-1-3-5-11/h1-5,9,12H,6-8,10,16H2,(H2,17,18,19)/t12-/m1/s1. The predicted octanol–water partition coefficient (Wildman–Crippen LogP) is 1.19. The second-order valence-electron chi connectivity index (χ2n) is 5.23. The highest BCUT2D eigenvalue weighted by Gasteiger charge is 2.21. The highest BCUT2D eigenvalue weighted by molar-refractivity contribution is 5.45. The van der Waals surface area contributed by atoms with Crippen LogP contribution < -0.4 is 16.4 Å². The van der Waals surface area contributed by atoms with Gasteiger partial charge in [0, 0.05) is 31.6 Å². The van der Waals surface area contributed by atoms with Gasteiger partial charge in [0.05, 0.1) is 5.69 Å². The first-order valence-electron chi connectivity index (χ1n) is 6.88. The minimum absolute atomic E-state index is 0.226. The molecule has 1 aliphatic heterocycles. The molecule has 1 atom stereocenters. The molecule has 1 aromatic carbocycles. The zero-order valence-electron chi connectivity index (χ0n) is 11.4. The third-order valence-electron chi connectivity index (χ3n) is 3.56. The van der Waals surface area contributed by atoms with Crippen molar-refractivity contribution in [3.05, 3.63) is 47.7 Å². The summed E-state index contributed by atoms with van der Waals surface area (Å²) < 4.78 is 0. The summed E-state index contributed by atoms with van der Waals surface area (Å²) in [7, 11) is 0. The fourth-order valence-corrected chi connectivity index (χ4v) is 2.56. The smallest absolute Gasteiger partial charge is 0.222 e. The van der Waals surface area contributed by atoms with Gasteiger partial charge in [-0.25, -0.2) is 4.98 Å². The van der Waals surface area contributed by atoms with Crippen molar-refractivity contribution in [1.82, 2.24) is 9.97 Å². The summed E-state index contributed by atoms with van der Waals surface area (Å²) in [6.07, 6.45) is 1.76. The topological polar surface area (TPSA) is 81.1 Å². The molecule has 1 saturated heterocycles. The summed E-state index contributed by atoms with van der Waals surface area (Å²) in [4.78, 5) is 10.8. The fourth-order valence-electron chi connectivity index (χ4n) is 2.56. The molecule has 1 aromatic heterocycles. The van der Waals surface area contributed by atoms with Crippen molar-refractivity contribution in [3.63, 3.8) is 0 Å². The van der Waals surface area contributed by atoms with E-state index in [0.717, 1.165) is 37.4 Å². The number of hydrogen-bond acceptors (Lipinski definition) is 5. The van der Waals surface area contributed by atoms with Crippen molar-refractivity contribution >= 4 is 11.8 Å². The second kappa shape index (κ2) is 5.46. The van der Waals surface area contributed by atoms with Crippen LogP contribution in [0.3, 0.4) is 0 Å². The number of nitrogen functional groups attached to an aromatic ring is 1. The van der Waals surface area contributed by atoms with E-state index in [1.165, 1.54) is 5.56 Å². The van der Waals surface area contributed by atoms with Gasteiger partial charge in [-0.2, -0.15) is 4.98 Å². The summed E-state index contributed by atoms with van der Waals surface area (Å²) in [6.45, 7) is 1.77. The van der Waals surface area contributed by atoms with Crippen LogP contribution in [0.25, 0.3) is 0 Å². The lowest BCUT2D eigenvalue weighted by Crippen LogP contribution is -2.27. The van der Waals surface area contributed by atoms with Gasteiger partial charge < -0.3 is 16.4 Å². The molecular formula is C15H19N5. The molecule has 0 amide bonds. The van der Waals surface area contributed by atoms with Gasteiger partial charge in [0.15, 0.2) is 0 Å². The first kappa shape index (κ1) is 12.9. The molecule has 20 heavy (non-hydrogen) atoms. The van der Waals surface area contributed by atoms with E-state index in [1.54, 1.807) is 0 Å². The SMILES string of the molecule is Nc1nc(Cc2ccccc2)cc(N2CC[C@@H](N)C2)n1. The van der Waals surface area contributed by atoms with E-state index in [2.05, 4.69) is 27.0 Å². The minimum Gasteiger partial charge on any atom is -0.368 e. The van der Waals surface area contributed by atoms with Crippen molar-refractivity contribution in [3.8, 4) is 0 Å². The maximum absolute atomic E-state index is 5.95. The van der Waals surface area contributed by atoms with E-state index >= 15 is 0 Å². The Labute approximate surface area is 118 Å². The van der Waals surface area contributed by atoms with Crippen molar-refractivity contribution in [2.24, 2.45) is 5.73 Å². The number of anilines is 2. The molecule has 4 N–H and O–H groups in total. The Bertz CT molecular complexity index is 584. The van der Waals surface area contributed by atoms with Gasteiger partial charge >= 0.3 is 0 Å². The van der Waals surface area contributed by atoms with Crippen LogP contribution in [-0.4, -0.2) is 29.1 Å². The zero-order valence-corrected chi connectivity index (χ0v) is 11.4. The van der Waals surface area contributed by atoms with Gasteiger partial charge in [-0.3, -0.25) is 0 Å². The molecule has 5 heteroatoms. The van der Waals surface area contributed by atoms with Crippen LogP contribution >= 0.6 is 0 Å². The van der Waals surface area contributed by atoms with E-state index in [4.69, 9.17) is 11.5 Å². The molecule has 0 spiro atoms. The summed E-state index contributed by atoms with van der Waals surface area (Å²) >= 11 is 0. The average molecular weight is 269 g/mol. The average Bonchev–Trinajstić information content (AvgIpc) is 2.86. The molecule has 1 fully saturated rings. The Morgan fingerprint density at radius 2 is 2.00 bits per heavy atom. The normalized spacial score (nSPS) is 18.4. The molecule has 5 nitrogen and oxygen atoms in total. The summed E-state index contributed by atoms with van der Waals surface area (Å²) in [5.74, 6) is 1.21. The molecule has 1 aliphatic rings. The highest BCUT2D eigenvalue weighted by Crippen LogP contribution is 2.20. The van der Waals surface area contributed by atoms with Crippen molar-refractivity contribution < 1.29 is 0 Å². The first-order chi connectivity index (χ1) is 9.70. The third-order valence-corrected chi connectivity index (χ3v) is 3.56. The Morgan fingerprint density at radius 1 is 1.20 bits per heavy atom. The van der Waals surface area contributed by atoms with Gasteiger partial charge in [-0.15, -0.1) is 0 Å². The van der Waals surface area contributed by atoms with Gasteiger partial charge in [-0.05, 0) is 12.0 Å². The predicted molar refractivity (Wildman–Crippen MR) is 80.5 cm³/mol. The lowest BCUT2D eigenvalue weighted by atomic mass is 10.1. The van der Waals surface area contributed by atoms with Crippen LogP contribution in [0.5, 0.6) is 0 Å². The molecule has 0 unspecified atom stereocenters. The highest BCUT2D eigenvalue weighted by atomic mass is 15.2. The molecule has 3 rings (SSSR count). The van der Waals surface area contributed by atoms with Gasteiger partial charge in [0.1, 0.15) is 5.82 Å². The maximum Gasteiger partial charge on any atom is 0.222 e. The Morgan fingerprint density at radius 3 is 2.70 bits per heavy atom. The summed E-state index contributed by atoms with van der Waals surface area (Å²) in [6, 6.07) is 12.5. The van der Waals surface area contributed by atoms with Crippen molar-refractivity contribution in [2.75, 3.05) is 23.7 Å². The van der Waals surface area contributed by atoms with Crippen molar-refractivity contribution in [1.29, 1.82) is 0 Å². The van der Waals surface area contributed by atoms with E-state index in [-0.39, 0.29) is 6.04 Å². The Hall–Kier alpha value is -2.14. The molecule has 0 saturated carbocycles. The monoisotopic (exact) mass is 269 g/mol. The largest absolute Gasteiger partial charge is 0.368 e. The third kappa shape index (κ3) is 2.88. The molecule has 104 valence electrons. The van der Waals surface area contributed by atoms with E-state index in [9.17, 15) is 0 Å². The van der Waals surface area contributed by atoms with Crippen LogP contribution in [-0.2, 0) is 6.42 Å². The lowest BCUT2D eigenvalue weighted by Gasteiger charge is -2.17. The fraction of sp³-hybridized carbons (Fsp3) is 0.333. The number of benzene rings is 1. The molecule has 0 radical (unpaired) electrons. The van der Waals surface area contributed by atoms with Crippen molar-refractivity contribution in [2.45, 2.75) is 18.9 Å². The van der Waals surface area contributed by atoms with Gasteiger partial charge in [0.2, 0.25) is 5.95 Å². The maximum atomic E-state index is 5.95. The number of aromatic nitrogens is 2. The number of hydrogen-bond donors (Lipinski definition) is 2. The van der Waals surface area contributed by atoms with E-state index in [0.29, 0.717) is 5.95 Å². The van der Waals surface area contributed by atoms with Gasteiger partial charge in [0.25, 0.3) is 0 Å². The Balaban J connectivity index is 1.83. The molecule has 0 bridgehead atoms. The summed E-state index contributed by atoms with van der Waals surface area (Å²) in [5, 5.41) is 0. The van der Waals surface area contributed by atoms with E-state index in [1.807, 2.05) is 24.3 Å². The van der Waals surface area contributed by atoms with Gasteiger partial charge in [-0.1, -0.05) is 30.3 Å². The number of nitrogens with two attached hydrogens (primary N) is 2. The molecule has 2 aromatic rings. The lowest BCUT2D eigenvalue weighted by molar-refractivity contribution is 0.751. The molecule has 0 aliphatic carbocycles. The molecule has 2 heterocycles. The number of nitrogens with zero attached hydrogens (tertiary/aromatic N) is 3. The van der Waals surface area contributed by atoms with Crippen LogP contribution in [0.15, 0.2) is 36.4 Å². The van der Waals surface area contributed by atoms with Crippen LogP contribution in [0.2, 0.25) is 0 Å². The Kier molecular flexibility index (Phi) is 3.52. The molecular weight excluding hydrogens is 250 g/mol. The first-order valence-corrected chi connectivity index (χ1v) is 6.88. The van der Waals surface area contributed by atoms with Crippen LogP contribution in [0.4, 0.5) is 11.8 Å². The quantitative estimate of drug-likeness (QED) is 0.874. The zero-order chi connectivity index (χ0) is 13.9. The minimum atomic E-state index is 0.226.